The van der Waals surface area contributed by atoms with Crippen LogP contribution in [0.1, 0.15) is 35.3 Å². The number of carbonyl (C=O) groups is 1. The van der Waals surface area contributed by atoms with Crippen LogP contribution in [-0.2, 0) is 17.7 Å². The number of fused-ring (bicyclic) bond motifs is 1. The summed E-state index contributed by atoms with van der Waals surface area (Å²) in [5.74, 6) is -0.0278. The Balaban J connectivity index is 1.95. The Bertz CT molecular complexity index is 446. The summed E-state index contributed by atoms with van der Waals surface area (Å²) in [6.07, 6.45) is 1.09. The van der Waals surface area contributed by atoms with E-state index in [-0.39, 0.29) is 12.0 Å². The second-order valence-corrected chi connectivity index (χ2v) is 4.89. The maximum absolute atomic E-state index is 12.1. The molecule has 104 valence electrons. The van der Waals surface area contributed by atoms with Crippen molar-refractivity contribution in [1.82, 2.24) is 10.6 Å². The molecule has 0 radical (unpaired) electrons. The van der Waals surface area contributed by atoms with Crippen molar-refractivity contribution in [3.8, 4) is 0 Å². The Morgan fingerprint density at radius 3 is 3.11 bits per heavy atom. The van der Waals surface area contributed by atoms with E-state index >= 15 is 0 Å². The molecule has 0 fully saturated rings. The highest BCUT2D eigenvalue weighted by Gasteiger charge is 2.13. The van der Waals surface area contributed by atoms with Crippen LogP contribution in [0.25, 0.3) is 0 Å². The second-order valence-electron chi connectivity index (χ2n) is 4.89. The van der Waals surface area contributed by atoms with Crippen LogP contribution in [0.2, 0.25) is 0 Å². The van der Waals surface area contributed by atoms with Gasteiger partial charge in [-0.25, -0.2) is 0 Å². The molecule has 0 saturated carbocycles. The van der Waals surface area contributed by atoms with Gasteiger partial charge < -0.3 is 15.4 Å². The third kappa shape index (κ3) is 3.78. The van der Waals surface area contributed by atoms with Crippen LogP contribution in [0.4, 0.5) is 0 Å². The second kappa shape index (κ2) is 6.68. The molecule has 1 aromatic carbocycles. The molecule has 1 aliphatic heterocycles. The monoisotopic (exact) mass is 262 g/mol. The van der Waals surface area contributed by atoms with Gasteiger partial charge in [-0.05, 0) is 50.1 Å². The van der Waals surface area contributed by atoms with Crippen molar-refractivity contribution in [2.45, 2.75) is 32.9 Å². The lowest BCUT2D eigenvalue weighted by Crippen LogP contribution is -2.32. The van der Waals surface area contributed by atoms with E-state index in [1.807, 2.05) is 26.0 Å². The summed E-state index contributed by atoms with van der Waals surface area (Å²) in [5.41, 5.74) is 3.31. The fraction of sp³-hybridized carbons (Fsp3) is 0.533. The molecule has 0 saturated heterocycles. The van der Waals surface area contributed by atoms with Crippen molar-refractivity contribution in [3.05, 3.63) is 34.9 Å². The summed E-state index contributed by atoms with van der Waals surface area (Å²) < 4.78 is 5.39. The van der Waals surface area contributed by atoms with Crippen LogP contribution < -0.4 is 10.6 Å². The van der Waals surface area contributed by atoms with Gasteiger partial charge >= 0.3 is 0 Å². The Morgan fingerprint density at radius 2 is 2.32 bits per heavy atom. The standard InChI is InChI=1S/C15H22N2O2/c1-3-19-11(2)9-17-15(18)13-5-4-12-6-7-16-10-14(12)8-13/h4-5,8,11,16H,3,6-7,9-10H2,1-2H3,(H,17,18). The molecule has 4 nitrogen and oxygen atoms in total. The molecule has 0 aromatic heterocycles. The molecule has 1 heterocycles. The molecule has 1 aromatic rings. The van der Waals surface area contributed by atoms with E-state index in [0.29, 0.717) is 13.2 Å². The van der Waals surface area contributed by atoms with Crippen LogP contribution in [0, 0.1) is 0 Å². The zero-order valence-corrected chi connectivity index (χ0v) is 11.7. The first-order chi connectivity index (χ1) is 9.20. The number of benzene rings is 1. The minimum Gasteiger partial charge on any atom is -0.377 e. The highest BCUT2D eigenvalue weighted by atomic mass is 16.5. The maximum Gasteiger partial charge on any atom is 0.251 e. The average molecular weight is 262 g/mol. The molecule has 0 bridgehead atoms. The predicted octanol–water partition coefficient (Wildman–Crippen LogP) is 1.49. The largest absolute Gasteiger partial charge is 0.377 e. The number of nitrogens with one attached hydrogen (secondary N) is 2. The van der Waals surface area contributed by atoms with Gasteiger partial charge in [0.2, 0.25) is 0 Å². The Morgan fingerprint density at radius 1 is 1.47 bits per heavy atom. The number of amides is 1. The summed E-state index contributed by atoms with van der Waals surface area (Å²) in [6, 6.07) is 5.96. The predicted molar refractivity (Wildman–Crippen MR) is 75.3 cm³/mol. The first kappa shape index (κ1) is 14.0. The highest BCUT2D eigenvalue weighted by molar-refractivity contribution is 5.94. The average Bonchev–Trinajstić information content (AvgIpc) is 2.44. The molecule has 2 rings (SSSR count). The van der Waals surface area contributed by atoms with Gasteiger partial charge in [-0.15, -0.1) is 0 Å². The lowest BCUT2D eigenvalue weighted by Gasteiger charge is -2.18. The zero-order chi connectivity index (χ0) is 13.7. The summed E-state index contributed by atoms with van der Waals surface area (Å²) in [7, 11) is 0. The van der Waals surface area contributed by atoms with Gasteiger partial charge in [0.25, 0.3) is 5.91 Å². The lowest BCUT2D eigenvalue weighted by molar-refractivity contribution is 0.0695. The van der Waals surface area contributed by atoms with Crippen LogP contribution in [0.15, 0.2) is 18.2 Å². The summed E-state index contributed by atoms with van der Waals surface area (Å²) >= 11 is 0. The van der Waals surface area contributed by atoms with E-state index in [2.05, 4.69) is 16.7 Å². The van der Waals surface area contributed by atoms with Gasteiger partial charge in [0.1, 0.15) is 0 Å². The number of rotatable bonds is 5. The molecule has 0 aliphatic carbocycles. The van der Waals surface area contributed by atoms with Crippen LogP contribution >= 0.6 is 0 Å². The quantitative estimate of drug-likeness (QED) is 0.845. The van der Waals surface area contributed by atoms with Crippen molar-refractivity contribution in [2.24, 2.45) is 0 Å². The number of ether oxygens (including phenoxy) is 1. The van der Waals surface area contributed by atoms with Gasteiger partial charge in [-0.3, -0.25) is 4.79 Å². The van der Waals surface area contributed by atoms with E-state index in [1.54, 1.807) is 0 Å². The Hall–Kier alpha value is -1.39. The van der Waals surface area contributed by atoms with Gasteiger partial charge in [-0.2, -0.15) is 0 Å². The normalized spacial score (nSPS) is 15.7. The van der Waals surface area contributed by atoms with Gasteiger partial charge in [0, 0.05) is 25.3 Å². The lowest BCUT2D eigenvalue weighted by atomic mass is 9.98. The van der Waals surface area contributed by atoms with Crippen molar-refractivity contribution in [1.29, 1.82) is 0 Å². The van der Waals surface area contributed by atoms with E-state index < -0.39 is 0 Å². The maximum atomic E-state index is 12.1. The van der Waals surface area contributed by atoms with E-state index in [9.17, 15) is 4.79 Å². The molecule has 1 atom stereocenters. The minimum atomic E-state index is -0.0278. The molecular formula is C15H22N2O2. The molecule has 0 spiro atoms. The zero-order valence-electron chi connectivity index (χ0n) is 11.7. The summed E-state index contributed by atoms with van der Waals surface area (Å²) in [6.45, 7) is 7.00. The molecule has 1 aliphatic rings. The number of hydrogen-bond acceptors (Lipinski definition) is 3. The SMILES string of the molecule is CCOC(C)CNC(=O)c1ccc2c(c1)CNCC2. The van der Waals surface area contributed by atoms with E-state index in [1.165, 1.54) is 11.1 Å². The third-order valence-electron chi connectivity index (χ3n) is 3.36. The topological polar surface area (TPSA) is 50.4 Å². The highest BCUT2D eigenvalue weighted by Crippen LogP contribution is 2.15. The first-order valence-electron chi connectivity index (χ1n) is 6.93. The third-order valence-corrected chi connectivity index (χ3v) is 3.36. The van der Waals surface area contributed by atoms with Crippen molar-refractivity contribution in [3.63, 3.8) is 0 Å². The molecule has 4 heteroatoms. The molecule has 1 amide bonds. The van der Waals surface area contributed by atoms with E-state index in [0.717, 1.165) is 25.1 Å². The van der Waals surface area contributed by atoms with Crippen molar-refractivity contribution >= 4 is 5.91 Å². The first-order valence-corrected chi connectivity index (χ1v) is 6.93. The summed E-state index contributed by atoms with van der Waals surface area (Å²) in [4.78, 5) is 12.1. The molecule has 1 unspecified atom stereocenters. The van der Waals surface area contributed by atoms with E-state index in [4.69, 9.17) is 4.74 Å². The Labute approximate surface area is 114 Å². The Kier molecular flexibility index (Phi) is 4.93. The fourth-order valence-electron chi connectivity index (χ4n) is 2.30. The van der Waals surface area contributed by atoms with Gasteiger partial charge in [0.15, 0.2) is 0 Å². The smallest absolute Gasteiger partial charge is 0.251 e. The number of carbonyl (C=O) groups excluding carboxylic acids is 1. The van der Waals surface area contributed by atoms with Crippen LogP contribution in [0.5, 0.6) is 0 Å². The van der Waals surface area contributed by atoms with Crippen LogP contribution in [-0.4, -0.2) is 31.7 Å². The summed E-state index contributed by atoms with van der Waals surface area (Å²) in [5, 5.41) is 6.23. The van der Waals surface area contributed by atoms with Crippen LogP contribution in [0.3, 0.4) is 0 Å². The molecule has 19 heavy (non-hydrogen) atoms. The van der Waals surface area contributed by atoms with Crippen molar-refractivity contribution in [2.75, 3.05) is 19.7 Å². The molecular weight excluding hydrogens is 240 g/mol. The minimum absolute atomic E-state index is 0.0278. The van der Waals surface area contributed by atoms with Gasteiger partial charge in [-0.1, -0.05) is 6.07 Å². The van der Waals surface area contributed by atoms with Crippen molar-refractivity contribution < 1.29 is 9.53 Å². The van der Waals surface area contributed by atoms with Gasteiger partial charge in [0.05, 0.1) is 6.10 Å². The fourth-order valence-corrected chi connectivity index (χ4v) is 2.30. The molecule has 2 N–H and O–H groups in total. The number of hydrogen-bond donors (Lipinski definition) is 2.